The molecule has 2 heterocycles. The van der Waals surface area contributed by atoms with Crippen LogP contribution in [0.1, 0.15) is 26.7 Å². The fraction of sp³-hybridized carbons (Fsp3) is 0.867. The molecule has 2 rings (SSSR count). The van der Waals surface area contributed by atoms with E-state index in [1.807, 2.05) is 4.90 Å². The molecule has 6 heteroatoms. The van der Waals surface area contributed by atoms with Crippen molar-refractivity contribution < 1.29 is 14.3 Å². The lowest BCUT2D eigenvalue weighted by molar-refractivity contribution is -0.141. The van der Waals surface area contributed by atoms with Gasteiger partial charge in [-0.1, -0.05) is 6.92 Å². The summed E-state index contributed by atoms with van der Waals surface area (Å²) in [6, 6.07) is 0. The topological polar surface area (TPSA) is 53.1 Å². The normalized spacial score (nSPS) is 23.3. The van der Waals surface area contributed by atoms with Crippen molar-refractivity contribution >= 4 is 11.8 Å². The fourth-order valence-corrected chi connectivity index (χ4v) is 2.92. The van der Waals surface area contributed by atoms with Crippen molar-refractivity contribution in [2.24, 2.45) is 0 Å². The Kier molecular flexibility index (Phi) is 5.99. The van der Waals surface area contributed by atoms with Crippen molar-refractivity contribution in [1.29, 1.82) is 0 Å². The van der Waals surface area contributed by atoms with Gasteiger partial charge in [-0.15, -0.1) is 0 Å². The van der Waals surface area contributed by atoms with Crippen LogP contribution in [0.15, 0.2) is 0 Å². The Morgan fingerprint density at radius 1 is 1.24 bits per heavy atom. The molecule has 1 unspecified atom stereocenters. The number of likely N-dealkylation sites (N-methyl/N-ethyl adjacent to an activating group) is 1. The van der Waals surface area contributed by atoms with E-state index >= 15 is 0 Å². The van der Waals surface area contributed by atoms with Gasteiger partial charge in [0.05, 0.1) is 12.6 Å². The van der Waals surface area contributed by atoms with Crippen molar-refractivity contribution in [1.82, 2.24) is 14.7 Å². The molecular weight excluding hydrogens is 270 g/mol. The third kappa shape index (κ3) is 4.68. The molecule has 2 amide bonds. The molecule has 2 aliphatic heterocycles. The molecule has 0 spiro atoms. The highest BCUT2D eigenvalue weighted by molar-refractivity contribution is 5.84. The Morgan fingerprint density at radius 3 is 2.48 bits per heavy atom. The number of ether oxygens (including phenoxy) is 1. The summed E-state index contributed by atoms with van der Waals surface area (Å²) in [5.74, 6) is 0.00462. The van der Waals surface area contributed by atoms with Crippen molar-refractivity contribution in [3.05, 3.63) is 0 Å². The maximum absolute atomic E-state index is 12.4. The SMILES string of the molecule is CCN1CCN(C(=O)CN(CC2CCCO2)C(C)=O)CC1. The van der Waals surface area contributed by atoms with Gasteiger partial charge in [0.25, 0.3) is 0 Å². The molecule has 2 aliphatic rings. The van der Waals surface area contributed by atoms with Gasteiger partial charge in [-0.3, -0.25) is 9.59 Å². The average Bonchev–Trinajstić information content (AvgIpc) is 2.99. The third-order valence-electron chi connectivity index (χ3n) is 4.39. The number of amides is 2. The minimum absolute atomic E-state index is 0.0500. The van der Waals surface area contributed by atoms with E-state index in [2.05, 4.69) is 11.8 Å². The van der Waals surface area contributed by atoms with E-state index in [1.54, 1.807) is 4.90 Å². The van der Waals surface area contributed by atoms with Crippen LogP contribution in [0.25, 0.3) is 0 Å². The van der Waals surface area contributed by atoms with E-state index in [9.17, 15) is 9.59 Å². The van der Waals surface area contributed by atoms with E-state index < -0.39 is 0 Å². The third-order valence-corrected chi connectivity index (χ3v) is 4.39. The van der Waals surface area contributed by atoms with Crippen molar-refractivity contribution in [2.75, 3.05) is 52.4 Å². The molecule has 0 saturated carbocycles. The van der Waals surface area contributed by atoms with E-state index in [0.717, 1.165) is 52.2 Å². The Hall–Kier alpha value is -1.14. The van der Waals surface area contributed by atoms with Crippen molar-refractivity contribution in [3.63, 3.8) is 0 Å². The first-order chi connectivity index (χ1) is 10.1. The largest absolute Gasteiger partial charge is 0.376 e. The molecule has 0 bridgehead atoms. The lowest BCUT2D eigenvalue weighted by Gasteiger charge is -2.35. The van der Waals surface area contributed by atoms with Crippen LogP contribution in [-0.2, 0) is 14.3 Å². The van der Waals surface area contributed by atoms with Gasteiger partial charge in [0.15, 0.2) is 0 Å². The van der Waals surface area contributed by atoms with E-state index in [1.165, 1.54) is 6.92 Å². The summed E-state index contributed by atoms with van der Waals surface area (Å²) in [5.41, 5.74) is 0. The summed E-state index contributed by atoms with van der Waals surface area (Å²) in [6.07, 6.45) is 2.12. The lowest BCUT2D eigenvalue weighted by atomic mass is 10.2. The number of piperazine rings is 1. The predicted octanol–water partition coefficient (Wildman–Crippen LogP) is 0.178. The number of carbonyl (C=O) groups excluding carboxylic acids is 2. The molecule has 0 aliphatic carbocycles. The molecule has 0 aromatic carbocycles. The standard InChI is InChI=1S/C15H27N3O3/c1-3-16-6-8-17(9-7-16)15(20)12-18(13(2)19)11-14-5-4-10-21-14/h14H,3-12H2,1-2H3. The van der Waals surface area contributed by atoms with Crippen LogP contribution in [0.2, 0.25) is 0 Å². The smallest absolute Gasteiger partial charge is 0.242 e. The maximum Gasteiger partial charge on any atom is 0.242 e. The molecule has 0 N–H and O–H groups in total. The first kappa shape index (κ1) is 16.2. The van der Waals surface area contributed by atoms with Crippen LogP contribution < -0.4 is 0 Å². The maximum atomic E-state index is 12.4. The van der Waals surface area contributed by atoms with Crippen LogP contribution in [0.5, 0.6) is 0 Å². The van der Waals surface area contributed by atoms with Gasteiger partial charge in [-0.05, 0) is 19.4 Å². The van der Waals surface area contributed by atoms with Crippen molar-refractivity contribution in [3.8, 4) is 0 Å². The zero-order valence-corrected chi connectivity index (χ0v) is 13.2. The molecule has 0 aromatic heterocycles. The van der Waals surface area contributed by atoms with Gasteiger partial charge in [0.1, 0.15) is 0 Å². The zero-order chi connectivity index (χ0) is 15.2. The lowest BCUT2D eigenvalue weighted by Crippen LogP contribution is -2.52. The zero-order valence-electron chi connectivity index (χ0n) is 13.2. The molecule has 0 aromatic rings. The highest BCUT2D eigenvalue weighted by Gasteiger charge is 2.26. The molecule has 6 nitrogen and oxygen atoms in total. The van der Waals surface area contributed by atoms with Gasteiger partial charge >= 0.3 is 0 Å². The fourth-order valence-electron chi connectivity index (χ4n) is 2.92. The number of hydrogen-bond acceptors (Lipinski definition) is 4. The number of nitrogens with zero attached hydrogens (tertiary/aromatic N) is 3. The van der Waals surface area contributed by atoms with E-state index in [-0.39, 0.29) is 24.5 Å². The quantitative estimate of drug-likeness (QED) is 0.726. The number of carbonyl (C=O) groups is 2. The second-order valence-corrected chi connectivity index (χ2v) is 5.85. The minimum atomic E-state index is -0.0500. The first-order valence-electron chi connectivity index (χ1n) is 7.97. The molecule has 1 atom stereocenters. The van der Waals surface area contributed by atoms with Crippen LogP contribution in [-0.4, -0.2) is 85.0 Å². The summed E-state index contributed by atoms with van der Waals surface area (Å²) in [5, 5.41) is 0. The Balaban J connectivity index is 1.82. The molecule has 2 fully saturated rings. The molecule has 21 heavy (non-hydrogen) atoms. The number of rotatable bonds is 5. The van der Waals surface area contributed by atoms with Gasteiger partial charge in [-0.25, -0.2) is 0 Å². The van der Waals surface area contributed by atoms with Gasteiger partial charge in [-0.2, -0.15) is 0 Å². The summed E-state index contributed by atoms with van der Waals surface area (Å²) in [4.78, 5) is 29.9. The van der Waals surface area contributed by atoms with Crippen LogP contribution in [0, 0.1) is 0 Å². The minimum Gasteiger partial charge on any atom is -0.376 e. The Labute approximate surface area is 127 Å². The second kappa shape index (κ2) is 7.75. The second-order valence-electron chi connectivity index (χ2n) is 5.85. The van der Waals surface area contributed by atoms with Crippen molar-refractivity contribution in [2.45, 2.75) is 32.8 Å². The molecule has 120 valence electrons. The Bertz CT molecular complexity index is 361. The molecular formula is C15H27N3O3. The van der Waals surface area contributed by atoms with Crippen LogP contribution in [0.3, 0.4) is 0 Å². The molecule has 0 radical (unpaired) electrons. The Morgan fingerprint density at radius 2 is 1.95 bits per heavy atom. The van der Waals surface area contributed by atoms with E-state index in [0.29, 0.717) is 6.54 Å². The average molecular weight is 297 g/mol. The van der Waals surface area contributed by atoms with Gasteiger partial charge in [0.2, 0.25) is 11.8 Å². The summed E-state index contributed by atoms with van der Waals surface area (Å²) < 4.78 is 5.56. The predicted molar refractivity (Wildman–Crippen MR) is 79.9 cm³/mol. The van der Waals surface area contributed by atoms with Gasteiger partial charge in [0, 0.05) is 46.3 Å². The summed E-state index contributed by atoms with van der Waals surface area (Å²) in [6.45, 7) is 9.55. The van der Waals surface area contributed by atoms with Crippen LogP contribution >= 0.6 is 0 Å². The molecule has 2 saturated heterocycles. The first-order valence-corrected chi connectivity index (χ1v) is 7.97. The summed E-state index contributed by atoms with van der Waals surface area (Å²) >= 11 is 0. The highest BCUT2D eigenvalue weighted by Crippen LogP contribution is 2.14. The van der Waals surface area contributed by atoms with Gasteiger partial charge < -0.3 is 19.4 Å². The summed E-state index contributed by atoms with van der Waals surface area (Å²) in [7, 11) is 0. The monoisotopic (exact) mass is 297 g/mol. The van der Waals surface area contributed by atoms with Crippen LogP contribution in [0.4, 0.5) is 0 Å². The number of hydrogen-bond donors (Lipinski definition) is 0. The van der Waals surface area contributed by atoms with E-state index in [4.69, 9.17) is 4.74 Å². The highest BCUT2D eigenvalue weighted by atomic mass is 16.5.